The summed E-state index contributed by atoms with van der Waals surface area (Å²) in [5.41, 5.74) is 5.29. The Bertz CT molecular complexity index is 2620. The van der Waals surface area contributed by atoms with E-state index in [9.17, 15) is 24.0 Å². The molecule has 63 heavy (non-hydrogen) atoms. The van der Waals surface area contributed by atoms with Crippen molar-refractivity contribution in [2.75, 3.05) is 60.9 Å². The van der Waals surface area contributed by atoms with Crippen LogP contribution < -0.4 is 25.8 Å². The van der Waals surface area contributed by atoms with Crippen LogP contribution in [-0.2, 0) is 9.59 Å². The van der Waals surface area contributed by atoms with Crippen LogP contribution in [0.3, 0.4) is 0 Å². The lowest BCUT2D eigenvalue weighted by Gasteiger charge is -2.40. The Hall–Kier alpha value is -6.10. The summed E-state index contributed by atoms with van der Waals surface area (Å²) in [4.78, 5) is 85.4. The number of nitrogens with one attached hydrogen (secondary N) is 3. The Morgan fingerprint density at radius 1 is 0.778 bits per heavy atom. The van der Waals surface area contributed by atoms with E-state index in [0.717, 1.165) is 93.4 Å². The van der Waals surface area contributed by atoms with E-state index in [1.807, 2.05) is 10.6 Å². The van der Waals surface area contributed by atoms with Gasteiger partial charge in [0.25, 0.3) is 17.7 Å². The Labute approximate surface area is 372 Å². The van der Waals surface area contributed by atoms with E-state index in [0.29, 0.717) is 44.0 Å². The normalized spacial score (nSPS) is 22.0. The van der Waals surface area contributed by atoms with Crippen molar-refractivity contribution < 1.29 is 24.0 Å². The molecule has 5 aromatic rings. The molecule has 4 fully saturated rings. The van der Waals surface area contributed by atoms with E-state index in [-0.39, 0.29) is 30.8 Å². The van der Waals surface area contributed by atoms with Gasteiger partial charge in [0, 0.05) is 81.4 Å². The van der Waals surface area contributed by atoms with Crippen molar-refractivity contribution in [1.82, 2.24) is 40.0 Å². The van der Waals surface area contributed by atoms with Gasteiger partial charge in [0.15, 0.2) is 17.0 Å². The third-order valence-corrected chi connectivity index (χ3v) is 13.8. The first-order valence-corrected chi connectivity index (χ1v) is 22.2. The molecule has 1 aliphatic carbocycles. The van der Waals surface area contributed by atoms with Gasteiger partial charge in [-0.15, -0.1) is 0 Å². The molecular weight excluding hydrogens is 845 g/mol. The van der Waals surface area contributed by atoms with Gasteiger partial charge in [-0.25, -0.2) is 15.0 Å². The molecule has 18 heteroatoms. The molecule has 3 saturated heterocycles. The van der Waals surface area contributed by atoms with E-state index in [1.165, 1.54) is 5.69 Å². The molecule has 3 aromatic carbocycles. The molecule has 3 N–H and O–H groups in total. The smallest absolute Gasteiger partial charge is 0.262 e. The van der Waals surface area contributed by atoms with Crippen molar-refractivity contribution in [2.45, 2.75) is 56.7 Å². The second-order valence-corrected chi connectivity index (χ2v) is 17.8. The molecule has 1 saturated carbocycles. The Kier molecular flexibility index (Phi) is 11.0. The van der Waals surface area contributed by atoms with E-state index < -0.39 is 29.7 Å². The minimum Gasteiger partial charge on any atom is -0.372 e. The topological polar surface area (TPSA) is 178 Å². The molecule has 4 aliphatic heterocycles. The number of hydrogen-bond donors (Lipinski definition) is 3. The highest BCUT2D eigenvalue weighted by Crippen LogP contribution is 2.37. The van der Waals surface area contributed by atoms with Crippen LogP contribution in [0.2, 0.25) is 10.0 Å². The number of hydrogen-bond acceptors (Lipinski definition) is 12. The van der Waals surface area contributed by atoms with Crippen LogP contribution in [0.4, 0.5) is 22.9 Å². The van der Waals surface area contributed by atoms with Crippen molar-refractivity contribution >= 4 is 86.8 Å². The zero-order valence-electron chi connectivity index (χ0n) is 34.3. The van der Waals surface area contributed by atoms with Crippen LogP contribution in [0.25, 0.3) is 11.2 Å². The second-order valence-electron chi connectivity index (χ2n) is 17.0. The Morgan fingerprint density at radius 2 is 1.48 bits per heavy atom. The third kappa shape index (κ3) is 7.95. The summed E-state index contributed by atoms with van der Waals surface area (Å²) < 4.78 is 2.05. The highest BCUT2D eigenvalue weighted by atomic mass is 35.5. The van der Waals surface area contributed by atoms with E-state index in [2.05, 4.69) is 69.9 Å². The second kappa shape index (κ2) is 16.9. The third-order valence-electron chi connectivity index (χ3n) is 13.2. The predicted octanol–water partition coefficient (Wildman–Crippen LogP) is 5.45. The van der Waals surface area contributed by atoms with Gasteiger partial charge in [0.2, 0.25) is 11.8 Å². The maximum absolute atomic E-state index is 13.4. The van der Waals surface area contributed by atoms with Gasteiger partial charge >= 0.3 is 0 Å². The van der Waals surface area contributed by atoms with Crippen LogP contribution in [0.5, 0.6) is 0 Å². The Morgan fingerprint density at radius 3 is 2.21 bits per heavy atom. The zero-order chi connectivity index (χ0) is 43.4. The van der Waals surface area contributed by atoms with Crippen molar-refractivity contribution in [2.24, 2.45) is 5.92 Å². The molecule has 324 valence electrons. The maximum atomic E-state index is 13.4. The summed E-state index contributed by atoms with van der Waals surface area (Å²) in [6.45, 7) is 6.44. The molecule has 5 aliphatic rings. The van der Waals surface area contributed by atoms with Crippen LogP contribution in [-0.4, -0.2) is 117 Å². The van der Waals surface area contributed by atoms with Gasteiger partial charge in [-0.2, -0.15) is 0 Å². The lowest BCUT2D eigenvalue weighted by Crippen LogP contribution is -2.54. The zero-order valence-corrected chi connectivity index (χ0v) is 35.8. The number of anilines is 4. The number of benzene rings is 3. The van der Waals surface area contributed by atoms with Crippen molar-refractivity contribution in [3.8, 4) is 0 Å². The molecular formula is C45H45Cl2N11O5. The number of halogens is 2. The highest BCUT2D eigenvalue weighted by molar-refractivity contribution is 6.39. The first kappa shape index (κ1) is 40.9. The molecule has 0 radical (unpaired) electrons. The average Bonchev–Trinajstić information content (AvgIpc) is 3.80. The van der Waals surface area contributed by atoms with Gasteiger partial charge in [-0.3, -0.25) is 39.1 Å². The number of carbonyl (C=O) groups excluding carboxylic acids is 5. The monoisotopic (exact) mass is 889 g/mol. The minimum atomic E-state index is -0.972. The van der Waals surface area contributed by atoms with E-state index >= 15 is 0 Å². The average molecular weight is 891 g/mol. The van der Waals surface area contributed by atoms with Gasteiger partial charge in [-0.1, -0.05) is 29.3 Å². The first-order chi connectivity index (χ1) is 30.6. The molecule has 1 atom stereocenters. The number of carbonyl (C=O) groups is 5. The van der Waals surface area contributed by atoms with Gasteiger partial charge in [0.05, 0.1) is 33.1 Å². The van der Waals surface area contributed by atoms with Crippen molar-refractivity contribution in [3.63, 3.8) is 0 Å². The fourth-order valence-electron chi connectivity index (χ4n) is 9.59. The first-order valence-electron chi connectivity index (χ1n) is 21.5. The number of piperazine rings is 1. The predicted molar refractivity (Wildman–Crippen MR) is 238 cm³/mol. The lowest BCUT2D eigenvalue weighted by atomic mass is 9.86. The number of imide groups is 2. The van der Waals surface area contributed by atoms with Gasteiger partial charge < -0.3 is 25.0 Å². The molecule has 0 unspecified atom stereocenters. The number of amides is 5. The largest absolute Gasteiger partial charge is 0.372 e. The van der Waals surface area contributed by atoms with E-state index in [4.69, 9.17) is 23.2 Å². The minimum absolute atomic E-state index is 0.0162. The summed E-state index contributed by atoms with van der Waals surface area (Å²) in [6, 6.07) is 17.9. The number of rotatable bonds is 10. The number of nitrogens with zero attached hydrogens (tertiary/aromatic N) is 8. The van der Waals surface area contributed by atoms with Crippen LogP contribution >= 0.6 is 23.2 Å². The van der Waals surface area contributed by atoms with Crippen molar-refractivity contribution in [3.05, 3.63) is 100 Å². The summed E-state index contributed by atoms with van der Waals surface area (Å²) in [7, 11) is 0. The molecule has 5 amide bonds. The summed E-state index contributed by atoms with van der Waals surface area (Å²) >= 11 is 12.5. The van der Waals surface area contributed by atoms with E-state index in [1.54, 1.807) is 43.0 Å². The number of fused-ring (bicyclic) bond motifs is 2. The number of aromatic nitrogens is 4. The number of imidazole rings is 1. The van der Waals surface area contributed by atoms with Crippen LogP contribution in [0.1, 0.15) is 75.6 Å². The number of piperidine rings is 2. The van der Waals surface area contributed by atoms with Crippen molar-refractivity contribution in [1.29, 1.82) is 0 Å². The van der Waals surface area contributed by atoms with Gasteiger partial charge in [0.1, 0.15) is 12.4 Å². The fraction of sp³-hybridized carbons (Fsp3) is 0.378. The van der Waals surface area contributed by atoms with Gasteiger partial charge in [-0.05, 0) is 92.6 Å². The molecule has 16 nitrogen and oxygen atoms in total. The Balaban J connectivity index is 0.682. The quantitative estimate of drug-likeness (QED) is 0.151. The summed E-state index contributed by atoms with van der Waals surface area (Å²) in [6.07, 6.45) is 7.23. The fourth-order valence-corrected chi connectivity index (χ4v) is 10.2. The molecule has 10 rings (SSSR count). The van der Waals surface area contributed by atoms with Crippen LogP contribution in [0.15, 0.2) is 73.3 Å². The molecule has 0 bridgehead atoms. The molecule has 2 aromatic heterocycles. The standard InChI is InChI=1S/C45H45Cl2N11O5/c46-34-2-1-3-35(47)38(34)43(61)52-28-20-31(21-28)57-25-50-39-40(48-24-49-41(39)57)51-27-4-6-29(7-5-27)55-14-12-26(13-15-55)23-54-16-18-56(19-17-54)30-8-9-32-33(22-30)45(63)58(44(32)62)36-10-11-37(59)53-42(36)60/h1-9,22,24-26,28,31,36H,10-21,23H2,(H,52,61)(H,48,49,51)(H,53,59,60)/t28?,31?,36-/m0/s1. The maximum Gasteiger partial charge on any atom is 0.262 e. The highest BCUT2D eigenvalue weighted by Gasteiger charge is 2.45. The SMILES string of the molecule is O=C1CC[C@H](N2C(=O)c3ccc(N4CCN(CC5CCN(c6ccc(Nc7ncnc8c7ncn8C7CC(NC(=O)c8c(Cl)cccc8Cl)C7)cc6)CC5)CC4)cc3C2=O)C(=O)N1. The molecule has 6 heterocycles. The van der Waals surface area contributed by atoms with Crippen LogP contribution in [0, 0.1) is 5.92 Å². The summed E-state index contributed by atoms with van der Waals surface area (Å²) in [5, 5.41) is 9.38. The summed E-state index contributed by atoms with van der Waals surface area (Å²) in [5.74, 6) is -1.01. The lowest BCUT2D eigenvalue weighted by molar-refractivity contribution is -0.136. The molecule has 0 spiro atoms.